The lowest BCUT2D eigenvalue weighted by atomic mass is 9.98. The zero-order chi connectivity index (χ0) is 39.8. The van der Waals surface area contributed by atoms with Gasteiger partial charge in [0, 0.05) is 33.2 Å². The first-order valence-electron chi connectivity index (χ1n) is 20.6. The summed E-state index contributed by atoms with van der Waals surface area (Å²) < 4.78 is 2.48. The number of benzene rings is 10. The highest BCUT2D eigenvalue weighted by Crippen LogP contribution is 2.48. The number of aromatic nitrogens is 1. The molecule has 0 unspecified atom stereocenters. The highest BCUT2D eigenvalue weighted by molar-refractivity contribution is 6.25. The molecule has 282 valence electrons. The summed E-state index contributed by atoms with van der Waals surface area (Å²) in [4.78, 5) is 2.46. The fourth-order valence-electron chi connectivity index (χ4n) is 8.86. The van der Waals surface area contributed by atoms with Crippen LogP contribution in [0, 0.1) is 0 Å². The van der Waals surface area contributed by atoms with Crippen molar-refractivity contribution in [3.8, 4) is 50.2 Å². The van der Waals surface area contributed by atoms with Crippen LogP contribution in [-0.2, 0) is 0 Å². The Labute approximate surface area is 350 Å². The quantitative estimate of drug-likeness (QED) is 0.150. The lowest BCUT2D eigenvalue weighted by Crippen LogP contribution is -2.11. The van der Waals surface area contributed by atoms with Crippen LogP contribution in [0.2, 0.25) is 0 Å². The fourth-order valence-corrected chi connectivity index (χ4v) is 8.86. The molecule has 0 saturated heterocycles. The van der Waals surface area contributed by atoms with Gasteiger partial charge in [0.1, 0.15) is 0 Å². The Morgan fingerprint density at radius 2 is 0.767 bits per heavy atom. The topological polar surface area (TPSA) is 8.17 Å². The van der Waals surface area contributed by atoms with Crippen LogP contribution in [0.4, 0.5) is 17.1 Å². The zero-order valence-electron chi connectivity index (χ0n) is 33.0. The highest BCUT2D eigenvalue weighted by Gasteiger charge is 2.24. The normalized spacial score (nSPS) is 11.3. The minimum absolute atomic E-state index is 1.09. The molecular weight excluding hydrogens is 725 g/mol. The maximum atomic E-state index is 2.48. The fraction of sp³-hybridized carbons (Fsp3) is 0. The van der Waals surface area contributed by atoms with Gasteiger partial charge in [-0.15, -0.1) is 0 Å². The molecule has 1 heterocycles. The van der Waals surface area contributed by atoms with Crippen molar-refractivity contribution >= 4 is 49.6 Å². The van der Waals surface area contributed by atoms with E-state index in [9.17, 15) is 0 Å². The van der Waals surface area contributed by atoms with Gasteiger partial charge in [-0.25, -0.2) is 0 Å². The summed E-state index contributed by atoms with van der Waals surface area (Å²) in [7, 11) is 0. The summed E-state index contributed by atoms with van der Waals surface area (Å²) in [6, 6.07) is 87.9. The first kappa shape index (κ1) is 35.2. The number of hydrogen-bond donors (Lipinski definition) is 0. The van der Waals surface area contributed by atoms with Crippen molar-refractivity contribution in [2.24, 2.45) is 0 Å². The van der Waals surface area contributed by atoms with E-state index in [4.69, 9.17) is 0 Å². The van der Waals surface area contributed by atoms with E-state index in [1.165, 1.54) is 71.6 Å². The third-order valence-corrected chi connectivity index (χ3v) is 11.8. The summed E-state index contributed by atoms with van der Waals surface area (Å²) >= 11 is 0. The molecule has 0 N–H and O–H groups in total. The van der Waals surface area contributed by atoms with Crippen LogP contribution in [0.3, 0.4) is 0 Å². The number of nitrogens with zero attached hydrogens (tertiary/aromatic N) is 2. The standard InChI is InChI=1S/C58H40N2/c1-5-16-41(17-6-1)44-28-30-46(31-29-44)48-34-37-54-55(39-48)60(50-24-11-4-12-25-50)58-53-27-14-13-22-49(53)40-56(57(54)58)59(51-35-32-45(33-36-51)42-18-7-2-8-19-42)52-26-15-23-47(38-52)43-20-9-3-10-21-43/h1-40H. The molecule has 60 heavy (non-hydrogen) atoms. The smallest absolute Gasteiger partial charge is 0.0640 e. The minimum Gasteiger partial charge on any atom is -0.310 e. The zero-order valence-corrected chi connectivity index (χ0v) is 33.0. The van der Waals surface area contributed by atoms with Crippen LogP contribution in [0.25, 0.3) is 82.8 Å². The lowest BCUT2D eigenvalue weighted by molar-refractivity contribution is 1.19. The van der Waals surface area contributed by atoms with Gasteiger partial charge >= 0.3 is 0 Å². The van der Waals surface area contributed by atoms with Crippen molar-refractivity contribution in [2.45, 2.75) is 0 Å². The van der Waals surface area contributed by atoms with Gasteiger partial charge < -0.3 is 9.47 Å². The number of rotatable bonds is 8. The molecule has 10 aromatic carbocycles. The lowest BCUT2D eigenvalue weighted by Gasteiger charge is -2.28. The summed E-state index contributed by atoms with van der Waals surface area (Å²) in [6.07, 6.45) is 0. The molecule has 2 nitrogen and oxygen atoms in total. The van der Waals surface area contributed by atoms with Crippen LogP contribution >= 0.6 is 0 Å². The molecule has 0 atom stereocenters. The van der Waals surface area contributed by atoms with Gasteiger partial charge in [0.25, 0.3) is 0 Å². The number of hydrogen-bond acceptors (Lipinski definition) is 1. The number of fused-ring (bicyclic) bond motifs is 5. The van der Waals surface area contributed by atoms with Crippen LogP contribution in [0.15, 0.2) is 243 Å². The Bertz CT molecular complexity index is 3260. The Hall–Kier alpha value is -7.94. The Morgan fingerprint density at radius 1 is 0.300 bits per heavy atom. The highest BCUT2D eigenvalue weighted by atomic mass is 15.1. The van der Waals surface area contributed by atoms with Gasteiger partial charge in [-0.3, -0.25) is 0 Å². The summed E-state index contributed by atoms with van der Waals surface area (Å²) in [6.45, 7) is 0. The molecule has 0 saturated carbocycles. The van der Waals surface area contributed by atoms with E-state index in [0.717, 1.165) is 28.3 Å². The molecule has 1 aromatic heterocycles. The van der Waals surface area contributed by atoms with Crippen molar-refractivity contribution in [3.05, 3.63) is 243 Å². The Kier molecular flexibility index (Phi) is 8.87. The predicted molar refractivity (Wildman–Crippen MR) is 255 cm³/mol. The maximum absolute atomic E-state index is 2.48. The Morgan fingerprint density at radius 3 is 1.40 bits per heavy atom. The molecule has 0 spiro atoms. The van der Waals surface area contributed by atoms with E-state index in [2.05, 4.69) is 252 Å². The van der Waals surface area contributed by atoms with Crippen molar-refractivity contribution < 1.29 is 0 Å². The van der Waals surface area contributed by atoms with Crippen molar-refractivity contribution in [1.29, 1.82) is 0 Å². The van der Waals surface area contributed by atoms with E-state index in [1.807, 2.05) is 0 Å². The number of para-hydroxylation sites is 1. The third kappa shape index (κ3) is 6.32. The van der Waals surface area contributed by atoms with Crippen molar-refractivity contribution in [1.82, 2.24) is 4.57 Å². The third-order valence-electron chi connectivity index (χ3n) is 11.8. The van der Waals surface area contributed by atoms with Gasteiger partial charge in [0.05, 0.1) is 16.7 Å². The van der Waals surface area contributed by atoms with E-state index < -0.39 is 0 Å². The molecule has 0 aliphatic rings. The first-order valence-corrected chi connectivity index (χ1v) is 20.6. The van der Waals surface area contributed by atoms with E-state index in [0.29, 0.717) is 0 Å². The minimum atomic E-state index is 1.09. The van der Waals surface area contributed by atoms with Gasteiger partial charge in [-0.1, -0.05) is 194 Å². The van der Waals surface area contributed by atoms with Crippen LogP contribution < -0.4 is 4.90 Å². The van der Waals surface area contributed by atoms with Gasteiger partial charge in [0.15, 0.2) is 0 Å². The monoisotopic (exact) mass is 764 g/mol. The molecule has 0 amide bonds. The molecule has 11 rings (SSSR count). The SMILES string of the molecule is c1ccc(-c2ccc(-c3ccc4c5c(N(c6ccc(-c7ccccc7)cc6)c6cccc(-c7ccccc7)c6)cc6ccccc6c5n(-c5ccccc5)c4c3)cc2)cc1. The van der Waals surface area contributed by atoms with Crippen LogP contribution in [0.1, 0.15) is 0 Å². The molecule has 11 aromatic rings. The maximum Gasteiger partial charge on any atom is 0.0640 e. The number of anilines is 3. The average molecular weight is 765 g/mol. The first-order chi connectivity index (χ1) is 29.8. The van der Waals surface area contributed by atoms with Gasteiger partial charge in [-0.2, -0.15) is 0 Å². The van der Waals surface area contributed by atoms with Crippen LogP contribution in [-0.4, -0.2) is 4.57 Å². The molecule has 0 aliphatic carbocycles. The largest absolute Gasteiger partial charge is 0.310 e. The molecule has 0 radical (unpaired) electrons. The van der Waals surface area contributed by atoms with E-state index >= 15 is 0 Å². The summed E-state index contributed by atoms with van der Waals surface area (Å²) in [5.41, 5.74) is 16.3. The van der Waals surface area contributed by atoms with E-state index in [1.54, 1.807) is 0 Å². The van der Waals surface area contributed by atoms with Gasteiger partial charge in [-0.05, 0) is 98.4 Å². The van der Waals surface area contributed by atoms with E-state index in [-0.39, 0.29) is 0 Å². The second kappa shape index (κ2) is 15.1. The summed E-state index contributed by atoms with van der Waals surface area (Å²) in [5, 5.41) is 4.80. The van der Waals surface area contributed by atoms with Crippen LogP contribution in [0.5, 0.6) is 0 Å². The van der Waals surface area contributed by atoms with Crippen molar-refractivity contribution in [2.75, 3.05) is 4.90 Å². The molecule has 0 aliphatic heterocycles. The second-order valence-electron chi connectivity index (χ2n) is 15.4. The van der Waals surface area contributed by atoms with Crippen molar-refractivity contribution in [3.63, 3.8) is 0 Å². The average Bonchev–Trinajstić information content (AvgIpc) is 3.68. The summed E-state index contributed by atoms with van der Waals surface area (Å²) in [5.74, 6) is 0. The molecule has 0 fully saturated rings. The Balaban J connectivity index is 1.19. The predicted octanol–water partition coefficient (Wildman–Crippen LogP) is 16.1. The second-order valence-corrected chi connectivity index (χ2v) is 15.4. The van der Waals surface area contributed by atoms with Gasteiger partial charge in [0.2, 0.25) is 0 Å². The molecular formula is C58H40N2. The molecule has 0 bridgehead atoms. The molecule has 2 heteroatoms.